The summed E-state index contributed by atoms with van der Waals surface area (Å²) < 4.78 is 0. The Labute approximate surface area is 124 Å². The first-order chi connectivity index (χ1) is 9.52. The number of carbonyl (C=O) groups is 2. The number of hydrogen-bond acceptors (Lipinski definition) is 3. The van der Waals surface area contributed by atoms with Crippen molar-refractivity contribution in [1.29, 1.82) is 0 Å². The van der Waals surface area contributed by atoms with Crippen LogP contribution >= 0.6 is 11.8 Å². The summed E-state index contributed by atoms with van der Waals surface area (Å²) in [4.78, 5) is 23.7. The maximum atomic E-state index is 11.7. The Morgan fingerprint density at radius 3 is 2.50 bits per heavy atom. The Balaban J connectivity index is 2.32. The van der Waals surface area contributed by atoms with Gasteiger partial charge in [0.1, 0.15) is 6.04 Å². The van der Waals surface area contributed by atoms with E-state index < -0.39 is 12.0 Å². The molecule has 1 unspecified atom stereocenters. The number of carbonyl (C=O) groups excluding carboxylic acids is 1. The molecule has 1 aromatic carbocycles. The predicted octanol–water partition coefficient (Wildman–Crippen LogP) is 2.85. The Morgan fingerprint density at radius 1 is 1.30 bits per heavy atom. The fourth-order valence-electron chi connectivity index (χ4n) is 1.71. The second-order valence-corrected chi connectivity index (χ2v) is 5.83. The van der Waals surface area contributed by atoms with E-state index in [4.69, 9.17) is 5.11 Å². The van der Waals surface area contributed by atoms with Crippen molar-refractivity contribution in [2.75, 3.05) is 5.75 Å². The number of aryl methyl sites for hydroxylation is 1. The van der Waals surface area contributed by atoms with Gasteiger partial charge in [-0.2, -0.15) is 0 Å². The molecule has 0 fully saturated rings. The normalized spacial score (nSPS) is 11.9. The second kappa shape index (κ2) is 8.64. The minimum absolute atomic E-state index is 0.203. The molecule has 0 bridgehead atoms. The van der Waals surface area contributed by atoms with Gasteiger partial charge in [0.15, 0.2) is 0 Å². The highest BCUT2D eigenvalue weighted by Crippen LogP contribution is 2.18. The molecule has 0 saturated heterocycles. The van der Waals surface area contributed by atoms with E-state index in [1.54, 1.807) is 11.8 Å². The lowest BCUT2D eigenvalue weighted by atomic mass is 10.1. The van der Waals surface area contributed by atoms with E-state index in [1.165, 1.54) is 5.56 Å². The van der Waals surface area contributed by atoms with Gasteiger partial charge in [-0.25, -0.2) is 4.79 Å². The quantitative estimate of drug-likeness (QED) is 0.724. The van der Waals surface area contributed by atoms with E-state index in [9.17, 15) is 9.59 Å². The van der Waals surface area contributed by atoms with Gasteiger partial charge in [0.2, 0.25) is 5.91 Å². The number of benzene rings is 1. The monoisotopic (exact) mass is 295 g/mol. The zero-order chi connectivity index (χ0) is 15.0. The Kier molecular flexibility index (Phi) is 7.15. The lowest BCUT2D eigenvalue weighted by Gasteiger charge is -2.13. The molecule has 0 aliphatic rings. The van der Waals surface area contributed by atoms with Gasteiger partial charge in [-0.05, 0) is 25.5 Å². The molecule has 0 aliphatic carbocycles. The van der Waals surface area contributed by atoms with E-state index in [1.807, 2.05) is 38.1 Å². The SMILES string of the molecule is CCCC(NC(=O)CCSc1ccc(C)cc1)C(=O)O. The minimum Gasteiger partial charge on any atom is -0.480 e. The van der Waals surface area contributed by atoms with Gasteiger partial charge in [0.05, 0.1) is 0 Å². The van der Waals surface area contributed by atoms with Crippen molar-refractivity contribution in [1.82, 2.24) is 5.32 Å². The average Bonchev–Trinajstić information content (AvgIpc) is 2.40. The molecule has 1 aromatic rings. The summed E-state index contributed by atoms with van der Waals surface area (Å²) in [5.74, 6) is -0.523. The largest absolute Gasteiger partial charge is 0.480 e. The number of rotatable bonds is 8. The highest BCUT2D eigenvalue weighted by Gasteiger charge is 2.18. The van der Waals surface area contributed by atoms with Crippen LogP contribution in [0.15, 0.2) is 29.2 Å². The summed E-state index contributed by atoms with van der Waals surface area (Å²) in [5, 5.41) is 11.5. The first-order valence-corrected chi connectivity index (χ1v) is 7.73. The van der Waals surface area contributed by atoms with Crippen molar-refractivity contribution in [3.8, 4) is 0 Å². The maximum absolute atomic E-state index is 11.7. The maximum Gasteiger partial charge on any atom is 0.326 e. The number of thioether (sulfide) groups is 1. The minimum atomic E-state index is -0.966. The average molecular weight is 295 g/mol. The van der Waals surface area contributed by atoms with Gasteiger partial charge in [-0.1, -0.05) is 31.0 Å². The van der Waals surface area contributed by atoms with Crippen molar-refractivity contribution in [2.24, 2.45) is 0 Å². The second-order valence-electron chi connectivity index (χ2n) is 4.66. The molecule has 5 heteroatoms. The molecule has 1 atom stereocenters. The number of aliphatic carboxylic acids is 1. The van der Waals surface area contributed by atoms with E-state index in [2.05, 4.69) is 5.32 Å². The summed E-state index contributed by atoms with van der Waals surface area (Å²) in [6.45, 7) is 3.93. The summed E-state index contributed by atoms with van der Waals surface area (Å²) in [6, 6.07) is 7.34. The first-order valence-electron chi connectivity index (χ1n) is 6.74. The Morgan fingerprint density at radius 2 is 1.95 bits per heavy atom. The van der Waals surface area contributed by atoms with Crippen molar-refractivity contribution in [3.63, 3.8) is 0 Å². The first kappa shape index (κ1) is 16.6. The molecule has 110 valence electrons. The smallest absolute Gasteiger partial charge is 0.326 e. The Bertz CT molecular complexity index is 445. The van der Waals surface area contributed by atoms with E-state index in [-0.39, 0.29) is 5.91 Å². The highest BCUT2D eigenvalue weighted by molar-refractivity contribution is 7.99. The van der Waals surface area contributed by atoms with Gasteiger partial charge >= 0.3 is 5.97 Å². The molecule has 0 heterocycles. The summed E-state index contributed by atoms with van der Waals surface area (Å²) >= 11 is 1.60. The van der Waals surface area contributed by atoms with Crippen LogP contribution in [0.1, 0.15) is 31.7 Å². The van der Waals surface area contributed by atoms with Crippen LogP contribution in [0.3, 0.4) is 0 Å². The van der Waals surface area contributed by atoms with Crippen LogP contribution in [-0.2, 0) is 9.59 Å². The summed E-state index contributed by atoms with van der Waals surface area (Å²) in [6.07, 6.45) is 1.52. The Hall–Kier alpha value is -1.49. The van der Waals surface area contributed by atoms with Crippen LogP contribution in [0, 0.1) is 6.92 Å². The standard InChI is InChI=1S/C15H21NO3S/c1-3-4-13(15(18)19)16-14(17)9-10-20-12-7-5-11(2)6-8-12/h5-8,13H,3-4,9-10H2,1-2H3,(H,16,17)(H,18,19). The van der Waals surface area contributed by atoms with Crippen LogP contribution < -0.4 is 5.32 Å². The molecule has 0 aliphatic heterocycles. The molecule has 20 heavy (non-hydrogen) atoms. The molecular formula is C15H21NO3S. The van der Waals surface area contributed by atoms with E-state index in [0.717, 1.165) is 11.3 Å². The number of amides is 1. The third kappa shape index (κ3) is 6.10. The third-order valence-corrected chi connectivity index (χ3v) is 3.84. The van der Waals surface area contributed by atoms with E-state index >= 15 is 0 Å². The van der Waals surface area contributed by atoms with Gasteiger partial charge in [-0.15, -0.1) is 11.8 Å². The lowest BCUT2D eigenvalue weighted by molar-refractivity contribution is -0.142. The van der Waals surface area contributed by atoms with Gasteiger partial charge in [-0.3, -0.25) is 4.79 Å². The van der Waals surface area contributed by atoms with Crippen LogP contribution in [0.4, 0.5) is 0 Å². The van der Waals surface area contributed by atoms with Crippen LogP contribution in [0.5, 0.6) is 0 Å². The van der Waals surface area contributed by atoms with Crippen molar-refractivity contribution in [2.45, 2.75) is 44.0 Å². The number of hydrogen-bond donors (Lipinski definition) is 2. The zero-order valence-corrected chi connectivity index (χ0v) is 12.7. The topological polar surface area (TPSA) is 66.4 Å². The summed E-state index contributed by atoms with van der Waals surface area (Å²) in [7, 11) is 0. The van der Waals surface area contributed by atoms with Crippen LogP contribution in [-0.4, -0.2) is 28.8 Å². The van der Waals surface area contributed by atoms with Crippen LogP contribution in [0.2, 0.25) is 0 Å². The predicted molar refractivity (Wildman–Crippen MR) is 81.0 cm³/mol. The lowest BCUT2D eigenvalue weighted by Crippen LogP contribution is -2.40. The molecule has 2 N–H and O–H groups in total. The molecule has 1 amide bonds. The molecule has 0 aromatic heterocycles. The number of carboxylic acid groups (broad SMARTS) is 1. The fourth-order valence-corrected chi connectivity index (χ4v) is 2.56. The molecule has 1 rings (SSSR count). The summed E-state index contributed by atoms with van der Waals surface area (Å²) in [5.41, 5.74) is 1.20. The molecule has 0 radical (unpaired) electrons. The molecular weight excluding hydrogens is 274 g/mol. The van der Waals surface area contributed by atoms with Crippen LogP contribution in [0.25, 0.3) is 0 Å². The molecule has 0 spiro atoms. The number of nitrogens with one attached hydrogen (secondary N) is 1. The number of carboxylic acids is 1. The van der Waals surface area contributed by atoms with Gasteiger partial charge < -0.3 is 10.4 Å². The highest BCUT2D eigenvalue weighted by atomic mass is 32.2. The molecule has 0 saturated carbocycles. The van der Waals surface area contributed by atoms with Crippen molar-refractivity contribution < 1.29 is 14.7 Å². The van der Waals surface area contributed by atoms with Gasteiger partial charge in [0.25, 0.3) is 0 Å². The molecule has 4 nitrogen and oxygen atoms in total. The van der Waals surface area contributed by atoms with Crippen molar-refractivity contribution >= 4 is 23.6 Å². The third-order valence-electron chi connectivity index (χ3n) is 2.83. The van der Waals surface area contributed by atoms with Gasteiger partial charge in [0, 0.05) is 17.1 Å². The van der Waals surface area contributed by atoms with Crippen molar-refractivity contribution in [3.05, 3.63) is 29.8 Å². The fraction of sp³-hybridized carbons (Fsp3) is 0.467. The van der Waals surface area contributed by atoms with E-state index in [0.29, 0.717) is 18.6 Å². The zero-order valence-electron chi connectivity index (χ0n) is 11.9.